The summed E-state index contributed by atoms with van der Waals surface area (Å²) >= 11 is 0. The zero-order chi connectivity index (χ0) is 14.7. The van der Waals surface area contributed by atoms with Crippen LogP contribution in [0.4, 0.5) is 0 Å². The molecule has 4 heteroatoms. The molecule has 4 nitrogen and oxygen atoms in total. The summed E-state index contributed by atoms with van der Waals surface area (Å²) in [4.78, 5) is 12.4. The normalized spacial score (nSPS) is 14.5. The smallest absolute Gasteiger partial charge is 0.251 e. The summed E-state index contributed by atoms with van der Waals surface area (Å²) in [7, 11) is 0. The summed E-state index contributed by atoms with van der Waals surface area (Å²) in [5, 5.41) is 2.99. The second-order valence-corrected chi connectivity index (χ2v) is 5.15. The molecule has 2 aromatic carbocycles. The SMILES string of the molecule is NCC(NC(=O)c1ccc2c(c1)COC2)c1ccccc1. The molecular weight excluding hydrogens is 264 g/mol. The number of ether oxygens (including phenoxy) is 1. The Hall–Kier alpha value is -2.17. The number of nitrogens with one attached hydrogen (secondary N) is 1. The van der Waals surface area contributed by atoms with E-state index < -0.39 is 0 Å². The Labute approximate surface area is 123 Å². The van der Waals surface area contributed by atoms with Crippen LogP contribution in [0.15, 0.2) is 48.5 Å². The lowest BCUT2D eigenvalue weighted by atomic mass is 10.0. The molecule has 0 aromatic heterocycles. The first-order valence-electron chi connectivity index (χ1n) is 7.03. The fourth-order valence-corrected chi connectivity index (χ4v) is 2.52. The van der Waals surface area contributed by atoms with Gasteiger partial charge < -0.3 is 15.8 Å². The van der Waals surface area contributed by atoms with E-state index in [1.807, 2.05) is 48.5 Å². The van der Waals surface area contributed by atoms with Crippen LogP contribution in [0.25, 0.3) is 0 Å². The van der Waals surface area contributed by atoms with Gasteiger partial charge in [0, 0.05) is 12.1 Å². The molecule has 0 bridgehead atoms. The number of hydrogen-bond acceptors (Lipinski definition) is 3. The van der Waals surface area contributed by atoms with Gasteiger partial charge in [-0.1, -0.05) is 36.4 Å². The Balaban J connectivity index is 1.76. The third-order valence-corrected chi connectivity index (χ3v) is 3.73. The third-order valence-electron chi connectivity index (χ3n) is 3.73. The lowest BCUT2D eigenvalue weighted by Gasteiger charge is -2.17. The molecule has 2 aromatic rings. The number of amides is 1. The standard InChI is InChI=1S/C17H18N2O2/c18-9-16(12-4-2-1-3-5-12)19-17(20)13-6-7-14-10-21-11-15(14)8-13/h1-8,16H,9-11,18H2,(H,19,20). The fraction of sp³-hybridized carbons (Fsp3) is 0.235. The molecule has 1 atom stereocenters. The molecule has 0 aliphatic carbocycles. The van der Waals surface area contributed by atoms with Crippen molar-refractivity contribution >= 4 is 5.91 Å². The molecule has 1 amide bonds. The first-order chi connectivity index (χ1) is 10.3. The van der Waals surface area contributed by atoms with Gasteiger partial charge in [-0.3, -0.25) is 4.79 Å². The number of fused-ring (bicyclic) bond motifs is 1. The molecule has 0 radical (unpaired) electrons. The van der Waals surface area contributed by atoms with Crippen LogP contribution in [0.3, 0.4) is 0 Å². The average Bonchev–Trinajstić information content (AvgIpc) is 3.00. The van der Waals surface area contributed by atoms with Crippen LogP contribution >= 0.6 is 0 Å². The maximum Gasteiger partial charge on any atom is 0.251 e. The lowest BCUT2D eigenvalue weighted by Crippen LogP contribution is -2.33. The summed E-state index contributed by atoms with van der Waals surface area (Å²) in [6, 6.07) is 15.3. The van der Waals surface area contributed by atoms with Gasteiger partial charge in [-0.05, 0) is 28.8 Å². The van der Waals surface area contributed by atoms with Gasteiger partial charge in [-0.15, -0.1) is 0 Å². The zero-order valence-corrected chi connectivity index (χ0v) is 11.7. The summed E-state index contributed by atoms with van der Waals surface area (Å²) < 4.78 is 5.37. The zero-order valence-electron chi connectivity index (χ0n) is 11.7. The Morgan fingerprint density at radius 1 is 1.14 bits per heavy atom. The lowest BCUT2D eigenvalue weighted by molar-refractivity contribution is 0.0937. The van der Waals surface area contributed by atoms with Gasteiger partial charge in [0.15, 0.2) is 0 Å². The van der Waals surface area contributed by atoms with Gasteiger partial charge in [-0.25, -0.2) is 0 Å². The van der Waals surface area contributed by atoms with E-state index in [1.54, 1.807) is 0 Å². The molecule has 3 N–H and O–H groups in total. The summed E-state index contributed by atoms with van der Waals surface area (Å²) in [6.45, 7) is 1.58. The number of benzene rings is 2. The van der Waals surface area contributed by atoms with Crippen LogP contribution in [-0.4, -0.2) is 12.5 Å². The molecule has 0 spiro atoms. The maximum atomic E-state index is 12.4. The molecule has 0 fully saturated rings. The molecule has 21 heavy (non-hydrogen) atoms. The molecule has 1 aliphatic heterocycles. The van der Waals surface area contributed by atoms with Crippen molar-refractivity contribution in [2.24, 2.45) is 5.73 Å². The number of nitrogens with two attached hydrogens (primary N) is 1. The van der Waals surface area contributed by atoms with Crippen molar-refractivity contribution in [2.45, 2.75) is 19.3 Å². The van der Waals surface area contributed by atoms with E-state index in [0.29, 0.717) is 25.3 Å². The number of hydrogen-bond donors (Lipinski definition) is 2. The molecule has 108 valence electrons. The number of carbonyl (C=O) groups is 1. The molecule has 0 saturated heterocycles. The molecule has 1 aliphatic rings. The Bertz CT molecular complexity index is 640. The van der Waals surface area contributed by atoms with E-state index in [0.717, 1.165) is 16.7 Å². The van der Waals surface area contributed by atoms with Crippen molar-refractivity contribution in [1.82, 2.24) is 5.32 Å². The maximum absolute atomic E-state index is 12.4. The quantitative estimate of drug-likeness (QED) is 0.903. The van der Waals surface area contributed by atoms with Crippen molar-refractivity contribution in [3.63, 3.8) is 0 Å². The average molecular weight is 282 g/mol. The minimum Gasteiger partial charge on any atom is -0.372 e. The minimum atomic E-state index is -0.178. The van der Waals surface area contributed by atoms with Crippen LogP contribution in [0.1, 0.15) is 33.1 Å². The van der Waals surface area contributed by atoms with Crippen molar-refractivity contribution in [2.75, 3.05) is 6.54 Å². The number of carbonyl (C=O) groups excluding carboxylic acids is 1. The highest BCUT2D eigenvalue weighted by Gasteiger charge is 2.17. The molecule has 1 unspecified atom stereocenters. The van der Waals surface area contributed by atoms with E-state index >= 15 is 0 Å². The van der Waals surface area contributed by atoms with E-state index in [2.05, 4.69) is 5.32 Å². The van der Waals surface area contributed by atoms with Crippen LogP contribution in [-0.2, 0) is 18.0 Å². The second kappa shape index (κ2) is 6.08. The van der Waals surface area contributed by atoms with Gasteiger partial charge >= 0.3 is 0 Å². The monoisotopic (exact) mass is 282 g/mol. The van der Waals surface area contributed by atoms with E-state index in [-0.39, 0.29) is 11.9 Å². The molecule has 1 heterocycles. The van der Waals surface area contributed by atoms with Crippen molar-refractivity contribution < 1.29 is 9.53 Å². The first kappa shape index (κ1) is 13.8. The summed E-state index contributed by atoms with van der Waals surface area (Å²) in [6.07, 6.45) is 0. The van der Waals surface area contributed by atoms with E-state index in [1.165, 1.54) is 0 Å². The van der Waals surface area contributed by atoms with Gasteiger partial charge in [0.2, 0.25) is 0 Å². The van der Waals surface area contributed by atoms with E-state index in [4.69, 9.17) is 10.5 Å². The van der Waals surface area contributed by atoms with E-state index in [9.17, 15) is 4.79 Å². The summed E-state index contributed by atoms with van der Waals surface area (Å²) in [5.74, 6) is -0.107. The van der Waals surface area contributed by atoms with Crippen LogP contribution < -0.4 is 11.1 Å². The highest BCUT2D eigenvalue weighted by Crippen LogP contribution is 2.21. The topological polar surface area (TPSA) is 64.3 Å². The van der Waals surface area contributed by atoms with Crippen molar-refractivity contribution in [3.05, 3.63) is 70.8 Å². The second-order valence-electron chi connectivity index (χ2n) is 5.15. The van der Waals surface area contributed by atoms with Gasteiger partial charge in [0.05, 0.1) is 19.3 Å². The fourth-order valence-electron chi connectivity index (χ4n) is 2.52. The first-order valence-corrected chi connectivity index (χ1v) is 7.03. The Kier molecular flexibility index (Phi) is 3.99. The Morgan fingerprint density at radius 2 is 1.90 bits per heavy atom. The summed E-state index contributed by atoms with van der Waals surface area (Å²) in [5.41, 5.74) is 9.69. The highest BCUT2D eigenvalue weighted by molar-refractivity contribution is 5.94. The van der Waals surface area contributed by atoms with Gasteiger partial charge in [0.1, 0.15) is 0 Å². The third kappa shape index (κ3) is 2.96. The number of rotatable bonds is 4. The predicted molar refractivity (Wildman–Crippen MR) is 80.6 cm³/mol. The van der Waals surface area contributed by atoms with Crippen LogP contribution in [0.5, 0.6) is 0 Å². The van der Waals surface area contributed by atoms with Gasteiger partial charge in [0.25, 0.3) is 5.91 Å². The molecular formula is C17H18N2O2. The minimum absolute atomic E-state index is 0.107. The van der Waals surface area contributed by atoms with Gasteiger partial charge in [-0.2, -0.15) is 0 Å². The highest BCUT2D eigenvalue weighted by atomic mass is 16.5. The Morgan fingerprint density at radius 3 is 2.67 bits per heavy atom. The molecule has 3 rings (SSSR count). The largest absolute Gasteiger partial charge is 0.372 e. The van der Waals surface area contributed by atoms with Crippen LogP contribution in [0.2, 0.25) is 0 Å². The molecule has 0 saturated carbocycles. The van der Waals surface area contributed by atoms with Crippen LogP contribution in [0, 0.1) is 0 Å². The predicted octanol–water partition coefficient (Wildman–Crippen LogP) is 2.15. The van der Waals surface area contributed by atoms with Crippen molar-refractivity contribution in [1.29, 1.82) is 0 Å². The van der Waals surface area contributed by atoms with Crippen molar-refractivity contribution in [3.8, 4) is 0 Å².